The Kier molecular flexibility index (Phi) is 5.27. The number of hydrogen-bond acceptors (Lipinski definition) is 5. The monoisotopic (exact) mass is 290 g/mol. The van der Waals surface area contributed by atoms with Crippen LogP contribution in [0.2, 0.25) is 0 Å². The minimum atomic E-state index is 0.603. The Balaban J connectivity index is 2.19. The van der Waals surface area contributed by atoms with E-state index in [0.29, 0.717) is 5.17 Å². The summed E-state index contributed by atoms with van der Waals surface area (Å²) in [6.07, 6.45) is 3.78. The molecule has 1 saturated heterocycles. The number of thioether (sulfide) groups is 1. The third-order valence-electron chi connectivity index (χ3n) is 3.12. The number of anilines is 1. The van der Waals surface area contributed by atoms with Gasteiger partial charge in [-0.25, -0.2) is 4.99 Å². The number of rotatable bonds is 2. The molecule has 2 rings (SSSR count). The van der Waals surface area contributed by atoms with Crippen LogP contribution in [-0.2, 0) is 4.74 Å². The first-order valence-electron chi connectivity index (χ1n) is 6.45. The van der Waals surface area contributed by atoms with Gasteiger partial charge in [0.15, 0.2) is 11.4 Å². The summed E-state index contributed by atoms with van der Waals surface area (Å²) in [5.74, 6) is 0. The van der Waals surface area contributed by atoms with Crippen molar-refractivity contribution in [2.45, 2.75) is 6.92 Å². The highest BCUT2D eigenvalue weighted by atomic mass is 32.2. The third-order valence-corrected chi connectivity index (χ3v) is 3.70. The van der Waals surface area contributed by atoms with Gasteiger partial charge < -0.3 is 9.64 Å². The number of hydrogen-bond donors (Lipinski definition) is 1. The molecule has 0 bridgehead atoms. The van der Waals surface area contributed by atoms with Crippen molar-refractivity contribution < 1.29 is 4.74 Å². The summed E-state index contributed by atoms with van der Waals surface area (Å²) in [6.45, 7) is 5.50. The largest absolute Gasteiger partial charge is 0.378 e. The van der Waals surface area contributed by atoms with Crippen molar-refractivity contribution in [3.63, 3.8) is 0 Å². The third kappa shape index (κ3) is 3.65. The molecule has 0 spiro atoms. The number of morpholine rings is 1. The van der Waals surface area contributed by atoms with Crippen LogP contribution in [0.15, 0.2) is 23.2 Å². The maximum Gasteiger partial charge on any atom is 0.183 e. The molecule has 20 heavy (non-hydrogen) atoms. The second kappa shape index (κ2) is 7.17. The zero-order valence-electron chi connectivity index (χ0n) is 11.7. The highest BCUT2D eigenvalue weighted by Crippen LogP contribution is 2.26. The van der Waals surface area contributed by atoms with Gasteiger partial charge in [0.25, 0.3) is 0 Å². The molecule has 1 fully saturated rings. The van der Waals surface area contributed by atoms with Gasteiger partial charge in [0.1, 0.15) is 0 Å². The molecule has 0 unspecified atom stereocenters. The fraction of sp³-hybridized carbons (Fsp3) is 0.429. The number of aliphatic imine (C=N–C) groups is 1. The van der Waals surface area contributed by atoms with E-state index in [1.165, 1.54) is 23.0 Å². The number of aryl methyl sites for hydroxylation is 1. The Morgan fingerprint density at radius 1 is 1.45 bits per heavy atom. The number of nitriles is 1. The lowest BCUT2D eigenvalue weighted by molar-refractivity contribution is 0.122. The number of amidine groups is 1. The second-order valence-electron chi connectivity index (χ2n) is 4.43. The predicted octanol–water partition coefficient (Wildman–Crippen LogP) is 2.25. The SMILES string of the molecule is CSC(=Nc1ccc(N2CCOCC2)c(C)c1)NC#N. The van der Waals surface area contributed by atoms with E-state index < -0.39 is 0 Å². The minimum Gasteiger partial charge on any atom is -0.378 e. The van der Waals surface area contributed by atoms with Gasteiger partial charge in [-0.2, -0.15) is 5.26 Å². The molecule has 1 aliphatic heterocycles. The van der Waals surface area contributed by atoms with E-state index in [-0.39, 0.29) is 0 Å². The molecular formula is C14H18N4OS. The van der Waals surface area contributed by atoms with Crippen molar-refractivity contribution in [1.29, 1.82) is 5.26 Å². The summed E-state index contributed by atoms with van der Waals surface area (Å²) in [6, 6.07) is 6.11. The Morgan fingerprint density at radius 3 is 2.80 bits per heavy atom. The molecular weight excluding hydrogens is 272 g/mol. The van der Waals surface area contributed by atoms with Gasteiger partial charge in [0.2, 0.25) is 0 Å². The van der Waals surface area contributed by atoms with Gasteiger partial charge in [-0.1, -0.05) is 11.8 Å². The Bertz CT molecular complexity index is 532. The molecule has 0 radical (unpaired) electrons. The van der Waals surface area contributed by atoms with Crippen LogP contribution in [0.1, 0.15) is 5.56 Å². The van der Waals surface area contributed by atoms with Crippen LogP contribution >= 0.6 is 11.8 Å². The number of nitrogens with zero attached hydrogens (tertiary/aromatic N) is 3. The summed E-state index contributed by atoms with van der Waals surface area (Å²) in [5.41, 5.74) is 3.27. The van der Waals surface area contributed by atoms with Crippen molar-refractivity contribution in [3.05, 3.63) is 23.8 Å². The summed E-state index contributed by atoms with van der Waals surface area (Å²) >= 11 is 1.42. The highest BCUT2D eigenvalue weighted by Gasteiger charge is 2.13. The first kappa shape index (κ1) is 14.7. The van der Waals surface area contributed by atoms with Crippen LogP contribution in [0.25, 0.3) is 0 Å². The summed E-state index contributed by atoms with van der Waals surface area (Å²) in [5, 5.41) is 11.8. The van der Waals surface area contributed by atoms with E-state index in [9.17, 15) is 0 Å². The van der Waals surface area contributed by atoms with Crippen molar-refractivity contribution in [2.24, 2.45) is 4.99 Å². The first-order chi connectivity index (χ1) is 9.74. The first-order valence-corrected chi connectivity index (χ1v) is 7.68. The van der Waals surface area contributed by atoms with Crippen LogP contribution < -0.4 is 10.2 Å². The van der Waals surface area contributed by atoms with Gasteiger partial charge in [-0.05, 0) is 36.9 Å². The second-order valence-corrected chi connectivity index (χ2v) is 5.22. The standard InChI is InChI=1S/C14H18N4OS/c1-11-9-12(17-14(20-2)16-10-15)3-4-13(11)18-5-7-19-8-6-18/h3-4,9H,5-8H2,1-2H3,(H,16,17). The van der Waals surface area contributed by atoms with Gasteiger partial charge in [0, 0.05) is 18.8 Å². The topological polar surface area (TPSA) is 60.6 Å². The zero-order chi connectivity index (χ0) is 14.4. The Hall–Kier alpha value is -1.71. The van der Waals surface area contributed by atoms with E-state index in [0.717, 1.165) is 32.0 Å². The van der Waals surface area contributed by atoms with Crippen LogP contribution in [-0.4, -0.2) is 37.7 Å². The normalized spacial score (nSPS) is 15.8. The van der Waals surface area contributed by atoms with E-state index in [4.69, 9.17) is 10.00 Å². The molecule has 1 heterocycles. The fourth-order valence-electron chi connectivity index (χ4n) is 2.16. The molecule has 1 N–H and O–H groups in total. The molecule has 6 heteroatoms. The number of ether oxygens (including phenoxy) is 1. The van der Waals surface area contributed by atoms with Crippen molar-refractivity contribution in [1.82, 2.24) is 5.32 Å². The smallest absolute Gasteiger partial charge is 0.183 e. The van der Waals surface area contributed by atoms with Gasteiger partial charge in [0.05, 0.1) is 18.9 Å². The Morgan fingerprint density at radius 2 is 2.20 bits per heavy atom. The van der Waals surface area contributed by atoms with E-state index >= 15 is 0 Å². The summed E-state index contributed by atoms with van der Waals surface area (Å²) < 4.78 is 5.37. The van der Waals surface area contributed by atoms with Crippen LogP contribution in [0, 0.1) is 18.4 Å². The van der Waals surface area contributed by atoms with Crippen molar-refractivity contribution >= 4 is 28.3 Å². The molecule has 1 aromatic carbocycles. The number of benzene rings is 1. The molecule has 0 aromatic heterocycles. The lowest BCUT2D eigenvalue weighted by Gasteiger charge is -2.30. The molecule has 0 amide bonds. The highest BCUT2D eigenvalue weighted by molar-refractivity contribution is 8.13. The van der Waals surface area contributed by atoms with Crippen molar-refractivity contribution in [2.75, 3.05) is 37.5 Å². The zero-order valence-corrected chi connectivity index (χ0v) is 12.5. The lowest BCUT2D eigenvalue weighted by atomic mass is 10.1. The lowest BCUT2D eigenvalue weighted by Crippen LogP contribution is -2.36. The average molecular weight is 290 g/mol. The quantitative estimate of drug-likeness (QED) is 0.392. The van der Waals surface area contributed by atoms with Gasteiger partial charge in [-0.3, -0.25) is 5.32 Å². The summed E-state index contributed by atoms with van der Waals surface area (Å²) in [7, 11) is 0. The molecule has 1 aliphatic rings. The van der Waals surface area contributed by atoms with E-state index in [1.807, 2.05) is 24.6 Å². The van der Waals surface area contributed by atoms with Gasteiger partial charge >= 0.3 is 0 Å². The molecule has 0 atom stereocenters. The maximum atomic E-state index is 8.64. The molecule has 0 saturated carbocycles. The minimum absolute atomic E-state index is 0.603. The van der Waals surface area contributed by atoms with Crippen molar-refractivity contribution in [3.8, 4) is 6.19 Å². The van der Waals surface area contributed by atoms with Crippen LogP contribution in [0.5, 0.6) is 0 Å². The predicted molar refractivity (Wildman–Crippen MR) is 83.6 cm³/mol. The van der Waals surface area contributed by atoms with E-state index in [2.05, 4.69) is 28.2 Å². The Labute approximate surface area is 123 Å². The summed E-state index contributed by atoms with van der Waals surface area (Å²) in [4.78, 5) is 6.75. The molecule has 0 aliphatic carbocycles. The van der Waals surface area contributed by atoms with Crippen LogP contribution in [0.4, 0.5) is 11.4 Å². The molecule has 5 nitrogen and oxygen atoms in total. The maximum absolute atomic E-state index is 8.64. The van der Waals surface area contributed by atoms with E-state index in [1.54, 1.807) is 0 Å². The molecule has 1 aromatic rings. The van der Waals surface area contributed by atoms with Gasteiger partial charge in [-0.15, -0.1) is 0 Å². The number of nitrogens with one attached hydrogen (secondary N) is 1. The van der Waals surface area contributed by atoms with Crippen LogP contribution in [0.3, 0.4) is 0 Å². The molecule has 106 valence electrons. The average Bonchev–Trinajstić information content (AvgIpc) is 2.48. The fourth-order valence-corrected chi connectivity index (χ4v) is 2.50.